The van der Waals surface area contributed by atoms with Crippen LogP contribution in [0.2, 0.25) is 0 Å². The first-order valence-corrected chi connectivity index (χ1v) is 13.6. The van der Waals surface area contributed by atoms with Gasteiger partial charge in [-0.1, -0.05) is 73.5 Å². The van der Waals surface area contributed by atoms with Gasteiger partial charge in [-0.25, -0.2) is 0 Å². The molecule has 0 heterocycles. The van der Waals surface area contributed by atoms with Gasteiger partial charge < -0.3 is 0 Å². The molecule has 4 fully saturated rings. The van der Waals surface area contributed by atoms with Gasteiger partial charge in [-0.3, -0.25) is 0 Å². The summed E-state index contributed by atoms with van der Waals surface area (Å²) in [6.45, 7) is 21.3. The minimum atomic E-state index is 0.432. The lowest BCUT2D eigenvalue weighted by Crippen LogP contribution is -2.63. The quantitative estimate of drug-likeness (QED) is 0.349. The molecule has 0 bridgehead atoms. The van der Waals surface area contributed by atoms with Crippen molar-refractivity contribution in [2.24, 2.45) is 56.7 Å². The molecule has 0 spiro atoms. The van der Waals surface area contributed by atoms with Crippen LogP contribution in [0, 0.1) is 56.7 Å². The van der Waals surface area contributed by atoms with Gasteiger partial charge in [0.15, 0.2) is 0 Å². The molecule has 0 aromatic carbocycles. The van der Waals surface area contributed by atoms with Crippen molar-refractivity contribution in [3.8, 4) is 0 Å². The Morgan fingerprint density at radius 3 is 2.23 bits per heavy atom. The Morgan fingerprint density at radius 2 is 1.50 bits per heavy atom. The van der Waals surface area contributed by atoms with Crippen LogP contribution in [0.1, 0.15) is 120 Å². The lowest BCUT2D eigenvalue weighted by atomic mass is 9.33. The van der Waals surface area contributed by atoms with E-state index in [0.29, 0.717) is 27.1 Å². The summed E-state index contributed by atoms with van der Waals surface area (Å²) in [5, 5.41) is 0. The van der Waals surface area contributed by atoms with Crippen LogP contribution in [0.5, 0.6) is 0 Å². The SMILES string of the molecule is C[C@H]1[C@H](C)CC[C@]2(C)CC[C@]3(C)C(=CC[C@@H]4[C@@]5(C)CCCC(C)(C)[C@@H]5CC[C@]43C)[C@@H]12. The zero-order valence-corrected chi connectivity index (χ0v) is 21.5. The first-order chi connectivity index (χ1) is 13.9. The molecule has 0 aromatic heterocycles. The molecular formula is C30H50. The summed E-state index contributed by atoms with van der Waals surface area (Å²) < 4.78 is 0. The second-order valence-corrected chi connectivity index (χ2v) is 14.6. The topological polar surface area (TPSA) is 0 Å². The fraction of sp³-hybridized carbons (Fsp3) is 0.933. The minimum Gasteiger partial charge on any atom is -0.0841 e. The zero-order chi connectivity index (χ0) is 21.7. The third-order valence-electron chi connectivity index (χ3n) is 13.1. The average Bonchev–Trinajstić information content (AvgIpc) is 2.65. The molecule has 0 N–H and O–H groups in total. The number of hydrogen-bond acceptors (Lipinski definition) is 0. The van der Waals surface area contributed by atoms with Crippen molar-refractivity contribution in [3.63, 3.8) is 0 Å². The summed E-state index contributed by atoms with van der Waals surface area (Å²) in [6.07, 6.45) is 17.4. The lowest BCUT2D eigenvalue weighted by Gasteiger charge is -2.71. The summed E-state index contributed by atoms with van der Waals surface area (Å²) in [5.41, 5.74) is 4.52. The molecular weight excluding hydrogens is 360 g/mol. The van der Waals surface area contributed by atoms with Gasteiger partial charge in [-0.05, 0) is 114 Å². The summed E-state index contributed by atoms with van der Waals surface area (Å²) in [4.78, 5) is 0. The van der Waals surface area contributed by atoms with E-state index in [1.807, 2.05) is 5.57 Å². The number of fused-ring (bicyclic) bond motifs is 7. The molecule has 5 rings (SSSR count). The minimum absolute atomic E-state index is 0.432. The lowest BCUT2D eigenvalue weighted by molar-refractivity contribution is -0.180. The average molecular weight is 411 g/mol. The van der Waals surface area contributed by atoms with Gasteiger partial charge in [-0.2, -0.15) is 0 Å². The molecule has 30 heavy (non-hydrogen) atoms. The molecule has 0 saturated heterocycles. The summed E-state index contributed by atoms with van der Waals surface area (Å²) in [7, 11) is 0. The van der Waals surface area contributed by atoms with Crippen LogP contribution < -0.4 is 0 Å². The molecule has 0 radical (unpaired) electrons. The fourth-order valence-corrected chi connectivity index (χ4v) is 11.0. The first kappa shape index (κ1) is 21.6. The Morgan fingerprint density at radius 1 is 0.767 bits per heavy atom. The molecule has 5 aliphatic rings. The third kappa shape index (κ3) is 2.52. The molecule has 4 saturated carbocycles. The predicted octanol–water partition coefficient (Wildman–Crippen LogP) is 9.05. The van der Waals surface area contributed by atoms with Crippen molar-refractivity contribution in [2.45, 2.75) is 120 Å². The van der Waals surface area contributed by atoms with Crippen LogP contribution in [-0.4, -0.2) is 0 Å². The smallest absolute Gasteiger partial charge is 0.00564 e. The monoisotopic (exact) mass is 410 g/mol. The van der Waals surface area contributed by atoms with E-state index in [1.54, 1.807) is 0 Å². The van der Waals surface area contributed by atoms with Crippen LogP contribution in [-0.2, 0) is 0 Å². The fourth-order valence-electron chi connectivity index (χ4n) is 11.0. The normalized spacial score (nSPS) is 57.3. The van der Waals surface area contributed by atoms with Crippen LogP contribution in [0.4, 0.5) is 0 Å². The van der Waals surface area contributed by atoms with Gasteiger partial charge in [0.1, 0.15) is 0 Å². The molecule has 0 unspecified atom stereocenters. The van der Waals surface area contributed by atoms with Gasteiger partial charge in [0, 0.05) is 0 Å². The zero-order valence-electron chi connectivity index (χ0n) is 21.5. The van der Waals surface area contributed by atoms with Crippen molar-refractivity contribution in [1.82, 2.24) is 0 Å². The molecule has 9 atom stereocenters. The molecule has 0 aromatic rings. The van der Waals surface area contributed by atoms with Crippen molar-refractivity contribution < 1.29 is 0 Å². The van der Waals surface area contributed by atoms with E-state index in [0.717, 1.165) is 29.6 Å². The van der Waals surface area contributed by atoms with Gasteiger partial charge in [0.05, 0.1) is 0 Å². The highest BCUT2D eigenvalue weighted by molar-refractivity contribution is 5.33. The van der Waals surface area contributed by atoms with E-state index in [2.05, 4.69) is 61.5 Å². The van der Waals surface area contributed by atoms with E-state index in [-0.39, 0.29) is 0 Å². The molecule has 0 amide bonds. The van der Waals surface area contributed by atoms with E-state index in [4.69, 9.17) is 0 Å². The highest BCUT2D eigenvalue weighted by atomic mass is 14.7. The molecule has 0 aliphatic heterocycles. The Kier molecular flexibility index (Phi) is 4.61. The van der Waals surface area contributed by atoms with E-state index in [1.165, 1.54) is 64.2 Å². The van der Waals surface area contributed by atoms with Crippen molar-refractivity contribution in [1.29, 1.82) is 0 Å². The van der Waals surface area contributed by atoms with Crippen molar-refractivity contribution >= 4 is 0 Å². The first-order valence-electron chi connectivity index (χ1n) is 13.6. The van der Waals surface area contributed by atoms with Gasteiger partial charge in [-0.15, -0.1) is 0 Å². The molecule has 5 aliphatic carbocycles. The summed E-state index contributed by atoms with van der Waals surface area (Å²) in [5.74, 6) is 4.40. The van der Waals surface area contributed by atoms with Crippen molar-refractivity contribution in [3.05, 3.63) is 11.6 Å². The molecule has 170 valence electrons. The Bertz CT molecular complexity index is 743. The van der Waals surface area contributed by atoms with Crippen LogP contribution in [0.3, 0.4) is 0 Å². The Balaban J connectivity index is 1.59. The van der Waals surface area contributed by atoms with Gasteiger partial charge in [0.25, 0.3) is 0 Å². The highest BCUT2D eigenvalue weighted by Crippen LogP contribution is 2.75. The Hall–Kier alpha value is -0.260. The molecule has 0 nitrogen and oxygen atoms in total. The van der Waals surface area contributed by atoms with Crippen LogP contribution in [0.25, 0.3) is 0 Å². The number of allylic oxidation sites excluding steroid dienone is 2. The van der Waals surface area contributed by atoms with Crippen LogP contribution >= 0.6 is 0 Å². The second kappa shape index (κ2) is 6.41. The van der Waals surface area contributed by atoms with Crippen molar-refractivity contribution in [2.75, 3.05) is 0 Å². The molecule has 0 heteroatoms. The maximum absolute atomic E-state index is 2.86. The maximum atomic E-state index is 2.86. The summed E-state index contributed by atoms with van der Waals surface area (Å²) in [6, 6.07) is 0. The van der Waals surface area contributed by atoms with Gasteiger partial charge >= 0.3 is 0 Å². The largest absolute Gasteiger partial charge is 0.0841 e. The highest BCUT2D eigenvalue weighted by Gasteiger charge is 2.67. The number of hydrogen-bond donors (Lipinski definition) is 0. The second-order valence-electron chi connectivity index (χ2n) is 14.6. The van der Waals surface area contributed by atoms with Crippen LogP contribution in [0.15, 0.2) is 11.6 Å². The van der Waals surface area contributed by atoms with E-state index in [9.17, 15) is 0 Å². The van der Waals surface area contributed by atoms with E-state index < -0.39 is 0 Å². The maximum Gasteiger partial charge on any atom is -0.00564 e. The Labute approximate surface area is 188 Å². The van der Waals surface area contributed by atoms with E-state index >= 15 is 0 Å². The number of rotatable bonds is 0. The van der Waals surface area contributed by atoms with Gasteiger partial charge in [0.2, 0.25) is 0 Å². The summed E-state index contributed by atoms with van der Waals surface area (Å²) >= 11 is 0. The third-order valence-corrected chi connectivity index (χ3v) is 13.1. The standard InChI is InChI=1S/C30H50/c1-20-12-16-27(5)18-19-29(7)22(25(27)21(20)2)10-11-24-28(6)15-9-14-26(3,4)23(28)13-17-30(24,29)8/h10,20-21,23-25H,9,11-19H2,1-8H3/t20-,21+,23+,24-,25-,27-,28+,29-,30-/m1/s1. The predicted molar refractivity (Wildman–Crippen MR) is 129 cm³/mol.